The van der Waals surface area contributed by atoms with E-state index in [0.717, 1.165) is 67.1 Å². The van der Waals surface area contributed by atoms with Crippen LogP contribution in [0.25, 0.3) is 0 Å². The molecule has 0 N–H and O–H groups in total. The first kappa shape index (κ1) is 30.1. The van der Waals surface area contributed by atoms with Crippen LogP contribution in [0.15, 0.2) is 112 Å². The van der Waals surface area contributed by atoms with Crippen molar-refractivity contribution in [1.82, 2.24) is 0 Å². The first-order valence-corrected chi connectivity index (χ1v) is 14.9. The lowest BCUT2D eigenvalue weighted by Gasteiger charge is -2.19. The van der Waals surface area contributed by atoms with Crippen molar-refractivity contribution in [2.45, 2.75) is 52.4 Å². The number of para-hydroxylation sites is 1. The molecular formula is C32H25F6NOS2. The molecule has 42 heavy (non-hydrogen) atoms. The number of nitrogens with zero attached hydrogens (tertiary/aromatic N) is 1. The van der Waals surface area contributed by atoms with E-state index < -0.39 is 28.1 Å². The summed E-state index contributed by atoms with van der Waals surface area (Å²) >= 11 is 2.24. The zero-order chi connectivity index (χ0) is 29.7. The second-order valence-corrected chi connectivity index (χ2v) is 12.5. The Bertz CT molecular complexity index is 1490. The van der Waals surface area contributed by atoms with Crippen LogP contribution in [-0.2, 0) is 25.2 Å². The minimum absolute atomic E-state index is 0.119. The molecule has 0 spiro atoms. The van der Waals surface area contributed by atoms with Gasteiger partial charge in [-0.25, -0.2) is 4.99 Å². The average Bonchev–Trinajstić information content (AvgIpc) is 3.41. The maximum Gasteiger partial charge on any atom is 0.416 e. The summed E-state index contributed by atoms with van der Waals surface area (Å²) in [7, 11) is 0. The van der Waals surface area contributed by atoms with Crippen LogP contribution in [0.4, 0.5) is 32.0 Å². The van der Waals surface area contributed by atoms with E-state index in [1.54, 1.807) is 36.4 Å². The smallest absolute Gasteiger partial charge is 0.416 e. The van der Waals surface area contributed by atoms with E-state index in [9.17, 15) is 26.3 Å². The zero-order valence-corrected chi connectivity index (χ0v) is 23.7. The molecule has 1 aliphatic rings. The summed E-state index contributed by atoms with van der Waals surface area (Å²) in [6.07, 6.45) is -5.91. The molecule has 5 rings (SSSR count). The highest BCUT2D eigenvalue weighted by Crippen LogP contribution is 2.42. The Morgan fingerprint density at radius 1 is 0.690 bits per heavy atom. The third-order valence-corrected chi connectivity index (χ3v) is 9.00. The number of hydrogen-bond donors (Lipinski definition) is 0. The quantitative estimate of drug-likeness (QED) is 0.0646. The second-order valence-electron chi connectivity index (χ2n) is 9.65. The number of ether oxygens (including phenoxy) is 1. The molecule has 1 aliphatic carbocycles. The minimum Gasteiger partial charge on any atom is -0.443 e. The first-order chi connectivity index (χ1) is 20.0. The second kappa shape index (κ2) is 12.9. The number of fused-ring (bicyclic) bond motifs is 1. The molecule has 0 amide bonds. The van der Waals surface area contributed by atoms with Crippen LogP contribution in [0.5, 0.6) is 5.75 Å². The summed E-state index contributed by atoms with van der Waals surface area (Å²) in [6.45, 7) is 0. The van der Waals surface area contributed by atoms with Gasteiger partial charge in [0, 0.05) is 16.2 Å². The molecular weight excluding hydrogens is 592 g/mol. The Morgan fingerprint density at radius 3 is 1.88 bits per heavy atom. The third kappa shape index (κ3) is 8.13. The highest BCUT2D eigenvalue weighted by molar-refractivity contribution is 8.17. The summed E-state index contributed by atoms with van der Waals surface area (Å²) in [4.78, 5) is 5.43. The van der Waals surface area contributed by atoms with E-state index in [-0.39, 0.29) is 6.42 Å². The van der Waals surface area contributed by atoms with Gasteiger partial charge in [-0.3, -0.25) is 0 Å². The van der Waals surface area contributed by atoms with E-state index >= 15 is 0 Å². The van der Waals surface area contributed by atoms with Crippen LogP contribution in [0.2, 0.25) is 0 Å². The van der Waals surface area contributed by atoms with E-state index in [2.05, 4.69) is 0 Å². The van der Waals surface area contributed by atoms with Crippen LogP contribution in [0.1, 0.15) is 35.1 Å². The number of rotatable bonds is 8. The molecule has 4 aromatic rings. The summed E-state index contributed by atoms with van der Waals surface area (Å²) in [5.41, 5.74) is 1.56. The van der Waals surface area contributed by atoms with E-state index in [4.69, 9.17) is 9.73 Å². The molecule has 0 saturated carbocycles. The molecule has 0 radical (unpaired) electrons. The first-order valence-electron chi connectivity index (χ1n) is 13.1. The molecule has 0 bridgehead atoms. The molecule has 0 aromatic heterocycles. The van der Waals surface area contributed by atoms with Crippen LogP contribution in [-0.4, -0.2) is 10.5 Å². The summed E-state index contributed by atoms with van der Waals surface area (Å²) in [6, 6.07) is 24.7. The van der Waals surface area contributed by atoms with Gasteiger partial charge >= 0.3 is 12.4 Å². The molecule has 0 unspecified atom stereocenters. The molecule has 0 saturated heterocycles. The molecule has 4 aromatic carbocycles. The number of aryl methyl sites for hydroxylation is 2. The Hall–Kier alpha value is -3.37. The largest absolute Gasteiger partial charge is 0.443 e. The van der Waals surface area contributed by atoms with Gasteiger partial charge in [0.05, 0.1) is 21.4 Å². The SMILES string of the molecule is FC(F)(F)c1cccc(SC(CC(=Nc2ccc3c(c2)CCC3)Oc2ccccc2)Sc2cccc(C(F)(F)F)c2)c1. The maximum atomic E-state index is 13.4. The fourth-order valence-corrected chi connectivity index (χ4v) is 7.17. The monoisotopic (exact) mass is 617 g/mol. The highest BCUT2D eigenvalue weighted by Gasteiger charge is 2.32. The normalized spacial score (nSPS) is 13.8. The number of alkyl halides is 6. The Kier molecular flexibility index (Phi) is 9.22. The van der Waals surface area contributed by atoms with Crippen molar-refractivity contribution in [2.24, 2.45) is 4.99 Å². The lowest BCUT2D eigenvalue weighted by molar-refractivity contribution is -0.138. The van der Waals surface area contributed by atoms with Crippen molar-refractivity contribution in [2.75, 3.05) is 0 Å². The van der Waals surface area contributed by atoms with Crippen molar-refractivity contribution in [1.29, 1.82) is 0 Å². The van der Waals surface area contributed by atoms with Gasteiger partial charge in [0.15, 0.2) is 5.90 Å². The summed E-state index contributed by atoms with van der Waals surface area (Å²) in [5.74, 6) is 0.812. The van der Waals surface area contributed by atoms with Gasteiger partial charge in [-0.2, -0.15) is 26.3 Å². The molecule has 0 fully saturated rings. The zero-order valence-electron chi connectivity index (χ0n) is 22.1. The van der Waals surface area contributed by atoms with Crippen molar-refractivity contribution in [3.8, 4) is 5.75 Å². The molecule has 2 nitrogen and oxygen atoms in total. The van der Waals surface area contributed by atoms with Gasteiger partial charge in [0.1, 0.15) is 5.75 Å². The average molecular weight is 618 g/mol. The van der Waals surface area contributed by atoms with Crippen molar-refractivity contribution in [3.05, 3.63) is 119 Å². The molecule has 0 atom stereocenters. The van der Waals surface area contributed by atoms with E-state index in [0.29, 0.717) is 27.1 Å². The summed E-state index contributed by atoms with van der Waals surface area (Å²) in [5, 5.41) is 0. The predicted molar refractivity (Wildman–Crippen MR) is 156 cm³/mol. The van der Waals surface area contributed by atoms with Gasteiger partial charge in [0.2, 0.25) is 0 Å². The predicted octanol–water partition coefficient (Wildman–Crippen LogP) is 10.6. The maximum absolute atomic E-state index is 13.4. The van der Waals surface area contributed by atoms with Crippen molar-refractivity contribution in [3.63, 3.8) is 0 Å². The van der Waals surface area contributed by atoms with Crippen molar-refractivity contribution >= 4 is 35.1 Å². The Balaban J connectivity index is 1.50. The number of thioether (sulfide) groups is 2. The van der Waals surface area contributed by atoms with Crippen LogP contribution in [0, 0.1) is 0 Å². The number of hydrogen-bond acceptors (Lipinski definition) is 4. The van der Waals surface area contributed by atoms with Crippen molar-refractivity contribution < 1.29 is 31.1 Å². The lowest BCUT2D eigenvalue weighted by Crippen LogP contribution is -2.15. The molecule has 0 aliphatic heterocycles. The fraction of sp³-hybridized carbons (Fsp3) is 0.219. The third-order valence-electron chi connectivity index (χ3n) is 6.51. The molecule has 218 valence electrons. The molecule has 0 heterocycles. The van der Waals surface area contributed by atoms with Crippen LogP contribution < -0.4 is 4.74 Å². The fourth-order valence-electron chi connectivity index (χ4n) is 4.55. The van der Waals surface area contributed by atoms with Gasteiger partial charge < -0.3 is 4.74 Å². The number of aliphatic imine (C=N–C) groups is 1. The number of benzene rings is 4. The number of halogens is 6. The summed E-state index contributed by atoms with van der Waals surface area (Å²) < 4.78 is 86.2. The Morgan fingerprint density at radius 2 is 1.29 bits per heavy atom. The van der Waals surface area contributed by atoms with Crippen LogP contribution in [0.3, 0.4) is 0 Å². The highest BCUT2D eigenvalue weighted by atomic mass is 32.2. The van der Waals surface area contributed by atoms with Gasteiger partial charge in [-0.05, 0) is 91.1 Å². The standard InChI is InChI=1S/C32H25F6NOS2/c33-31(34,35)23-9-5-13-27(18-23)41-30(42-28-14-6-10-24(19-28)32(36,37)38)20-29(40-26-11-2-1-3-12-26)39-25-16-15-21-7-4-8-22(21)17-25/h1-3,5-6,9-19,30H,4,7-8,20H2. The lowest BCUT2D eigenvalue weighted by atomic mass is 10.1. The van der Waals surface area contributed by atoms with E-state index in [1.165, 1.54) is 23.3 Å². The topological polar surface area (TPSA) is 21.6 Å². The van der Waals surface area contributed by atoms with Gasteiger partial charge in [-0.1, -0.05) is 36.4 Å². The minimum atomic E-state index is -4.53. The van der Waals surface area contributed by atoms with Crippen LogP contribution >= 0.6 is 23.5 Å². The van der Waals surface area contributed by atoms with Gasteiger partial charge in [-0.15, -0.1) is 23.5 Å². The van der Waals surface area contributed by atoms with E-state index in [1.807, 2.05) is 24.3 Å². The Labute approximate surface area is 248 Å². The van der Waals surface area contributed by atoms with Gasteiger partial charge in [0.25, 0.3) is 0 Å². The molecule has 10 heteroatoms.